The van der Waals surface area contributed by atoms with E-state index >= 15 is 0 Å². The molecule has 0 unspecified atom stereocenters. The Bertz CT molecular complexity index is 2100. The number of rotatable bonds is 2. The molecule has 0 N–H and O–H groups in total. The van der Waals surface area contributed by atoms with Crippen LogP contribution in [0.5, 0.6) is 0 Å². The number of fused-ring (bicyclic) bond motifs is 3. The van der Waals surface area contributed by atoms with E-state index < -0.39 is 0 Å². The van der Waals surface area contributed by atoms with Crippen molar-refractivity contribution in [2.45, 2.75) is 85.8 Å². The Morgan fingerprint density at radius 1 is 0.596 bits per heavy atom. The van der Waals surface area contributed by atoms with Gasteiger partial charge in [-0.2, -0.15) is 0 Å². The largest absolute Gasteiger partial charge is 0.311 e. The van der Waals surface area contributed by atoms with E-state index in [1.807, 2.05) is 32.0 Å². The van der Waals surface area contributed by atoms with Crippen molar-refractivity contribution in [1.29, 1.82) is 0 Å². The predicted octanol–water partition coefficient (Wildman–Crippen LogP) is 9.64. The number of benzene rings is 3. The van der Waals surface area contributed by atoms with Crippen LogP contribution in [0.25, 0.3) is 0 Å². The van der Waals surface area contributed by atoms with E-state index in [4.69, 9.17) is 12.2 Å². The van der Waals surface area contributed by atoms with Gasteiger partial charge >= 0.3 is 0 Å². The summed E-state index contributed by atoms with van der Waals surface area (Å²) in [5.41, 5.74) is 4.39. The van der Waals surface area contributed by atoms with Crippen LogP contribution in [0.2, 0.25) is 0 Å². The average molecular weight is 788 g/mol. The van der Waals surface area contributed by atoms with Crippen molar-refractivity contribution >= 4 is 93.6 Å². The summed E-state index contributed by atoms with van der Waals surface area (Å²) < 4.78 is 1.53. The smallest absolute Gasteiger partial charge is 0.267 e. The summed E-state index contributed by atoms with van der Waals surface area (Å²) in [4.78, 5) is 60.7. The van der Waals surface area contributed by atoms with Crippen LogP contribution >= 0.6 is 59.3 Å². The Kier molecular flexibility index (Phi) is 10.7. The highest BCUT2D eigenvalue weighted by Crippen LogP contribution is 2.55. The lowest BCUT2D eigenvalue weighted by atomic mass is 9.87. The third-order valence-electron chi connectivity index (χ3n) is 9.11. The third kappa shape index (κ3) is 7.04. The first-order valence-corrected chi connectivity index (χ1v) is 20.7. The topological polar surface area (TPSA) is 78.0 Å². The Balaban J connectivity index is 0.000000179. The van der Waals surface area contributed by atoms with Crippen LogP contribution in [-0.2, 0) is 25.2 Å². The Morgan fingerprint density at radius 2 is 1.04 bits per heavy atom. The quantitative estimate of drug-likeness (QED) is 0.143. The number of para-hydroxylation sites is 1. The molecule has 4 aliphatic rings. The van der Waals surface area contributed by atoms with Crippen molar-refractivity contribution in [1.82, 2.24) is 9.80 Å². The Morgan fingerprint density at radius 3 is 1.50 bits per heavy atom. The molecule has 0 saturated carbocycles. The molecular formula is C40H41N3O4S5. The molecule has 0 atom stereocenters. The first kappa shape index (κ1) is 38.4. The number of anilines is 1. The molecule has 7 rings (SSSR count). The molecule has 0 aromatic heterocycles. The minimum Gasteiger partial charge on any atom is -0.311 e. The van der Waals surface area contributed by atoms with Crippen LogP contribution in [-0.4, -0.2) is 58.6 Å². The minimum absolute atomic E-state index is 0.0524. The molecule has 0 bridgehead atoms. The maximum atomic E-state index is 13.0. The number of likely N-dealkylation sites (N-methyl/N-ethyl adjacent to an activating group) is 3. The van der Waals surface area contributed by atoms with Crippen LogP contribution in [0.15, 0.2) is 99.9 Å². The van der Waals surface area contributed by atoms with Crippen molar-refractivity contribution < 1.29 is 19.2 Å². The molecule has 4 heterocycles. The van der Waals surface area contributed by atoms with Crippen LogP contribution < -0.4 is 4.90 Å². The summed E-state index contributed by atoms with van der Waals surface area (Å²) in [6.45, 7) is 17.7. The molecule has 3 aromatic rings. The van der Waals surface area contributed by atoms with Gasteiger partial charge in [-0.1, -0.05) is 113 Å². The molecule has 3 amide bonds. The second-order valence-corrected chi connectivity index (χ2v) is 19.7. The van der Waals surface area contributed by atoms with Crippen molar-refractivity contribution in [3.63, 3.8) is 0 Å². The van der Waals surface area contributed by atoms with Gasteiger partial charge in [0.2, 0.25) is 5.78 Å². The summed E-state index contributed by atoms with van der Waals surface area (Å²) in [5.74, 6) is -0.979. The van der Waals surface area contributed by atoms with Gasteiger partial charge in [-0.25, -0.2) is 0 Å². The second kappa shape index (κ2) is 14.5. The molecule has 0 radical (unpaired) electrons. The standard InChI is InChI=1S/C21H19NO2S2.C19H22N2O2S3/c1-21(2,3)12-9-10-15-16(11-12)26-20(25-15)17-18(23)13-7-5-6-8-14(13)22(4)19(17)24;1-6-20-15(22)14(16(23)21(7-2)18(20)24)17-25-12-9-8-11(19(3,4)5)10-13(12)26-17/h5-11H,1-4H3;8-10H,6-7H2,1-5H3/b20-17-;. The molecular weight excluding hydrogens is 747 g/mol. The van der Waals surface area contributed by atoms with Crippen LogP contribution in [0, 0.1) is 0 Å². The summed E-state index contributed by atoms with van der Waals surface area (Å²) in [5, 5.41) is 0.301. The van der Waals surface area contributed by atoms with E-state index in [0.717, 1.165) is 28.1 Å². The van der Waals surface area contributed by atoms with Crippen LogP contribution in [0.1, 0.15) is 76.9 Å². The maximum Gasteiger partial charge on any atom is 0.267 e. The number of hydrogen-bond acceptors (Lipinski definition) is 9. The molecule has 3 aromatic carbocycles. The number of carbonyl (C=O) groups is 4. The van der Waals surface area contributed by atoms with E-state index in [-0.39, 0.29) is 45.5 Å². The number of nitrogens with zero attached hydrogens (tertiary/aromatic N) is 3. The van der Waals surface area contributed by atoms with Crippen molar-refractivity contribution in [3.8, 4) is 0 Å². The van der Waals surface area contributed by atoms with E-state index in [0.29, 0.717) is 29.5 Å². The SMILES string of the molecule is CCN1C(=O)C(=C2Sc3ccc(C(C)(C)C)cc3S2)C(=O)N(CC)C1=S.CN1C(=O)/C(=C2/Sc3ccc(C(C)(C)C)cc3S2)C(=O)c2ccccc21. The van der Waals surface area contributed by atoms with E-state index in [1.54, 1.807) is 18.0 Å². The lowest BCUT2D eigenvalue weighted by molar-refractivity contribution is -0.133. The number of ketones is 1. The van der Waals surface area contributed by atoms with Gasteiger partial charge in [-0.05, 0) is 84.4 Å². The Labute approximate surface area is 328 Å². The first-order valence-electron chi connectivity index (χ1n) is 17.0. The molecule has 7 nitrogen and oxygen atoms in total. The first-order chi connectivity index (χ1) is 24.5. The molecule has 0 aliphatic carbocycles. The van der Waals surface area contributed by atoms with E-state index in [1.165, 1.54) is 68.0 Å². The zero-order valence-corrected chi connectivity index (χ0v) is 34.8. The molecule has 270 valence electrons. The summed E-state index contributed by atoms with van der Waals surface area (Å²) >= 11 is 11.4. The van der Waals surface area contributed by atoms with Gasteiger partial charge in [-0.3, -0.25) is 29.0 Å². The van der Waals surface area contributed by atoms with E-state index in [2.05, 4.69) is 77.9 Å². The molecule has 0 spiro atoms. The van der Waals surface area contributed by atoms with E-state index in [9.17, 15) is 19.2 Å². The zero-order valence-electron chi connectivity index (χ0n) is 30.7. The average Bonchev–Trinajstić information content (AvgIpc) is 3.70. The Hall–Kier alpha value is -3.29. The highest BCUT2D eigenvalue weighted by molar-refractivity contribution is 8.25. The van der Waals surface area contributed by atoms with Gasteiger partial charge in [0.15, 0.2) is 5.11 Å². The fourth-order valence-electron chi connectivity index (χ4n) is 5.98. The van der Waals surface area contributed by atoms with Gasteiger partial charge in [0, 0.05) is 45.3 Å². The van der Waals surface area contributed by atoms with Crippen LogP contribution in [0.4, 0.5) is 5.69 Å². The number of amides is 3. The summed E-state index contributed by atoms with van der Waals surface area (Å²) in [6.07, 6.45) is 0. The number of thioether (sulfide) groups is 4. The molecule has 1 fully saturated rings. The van der Waals surface area contributed by atoms with Gasteiger partial charge in [0.25, 0.3) is 17.7 Å². The molecule has 1 saturated heterocycles. The van der Waals surface area contributed by atoms with Crippen molar-refractivity contribution in [2.24, 2.45) is 0 Å². The molecule has 12 heteroatoms. The molecule has 52 heavy (non-hydrogen) atoms. The summed E-state index contributed by atoms with van der Waals surface area (Å²) in [6, 6.07) is 20.0. The monoisotopic (exact) mass is 787 g/mol. The fraction of sp³-hybridized carbons (Fsp3) is 0.325. The van der Waals surface area contributed by atoms with Gasteiger partial charge in [0.1, 0.15) is 11.1 Å². The fourth-order valence-corrected chi connectivity index (χ4v) is 11.5. The zero-order chi connectivity index (χ0) is 37.9. The lowest BCUT2D eigenvalue weighted by Crippen LogP contribution is -2.56. The normalized spacial score (nSPS) is 18.9. The third-order valence-corrected chi connectivity index (χ3v) is 14.6. The van der Waals surface area contributed by atoms with Gasteiger partial charge in [0.05, 0.1) is 14.2 Å². The highest BCUT2D eigenvalue weighted by atomic mass is 32.2. The number of hydrogen-bond donors (Lipinski definition) is 0. The van der Waals surface area contributed by atoms with Gasteiger partial charge in [-0.15, -0.1) is 0 Å². The second-order valence-electron chi connectivity index (χ2n) is 14.6. The summed E-state index contributed by atoms with van der Waals surface area (Å²) in [7, 11) is 1.73. The maximum absolute atomic E-state index is 13.0. The number of carbonyl (C=O) groups excluding carboxylic acids is 4. The predicted molar refractivity (Wildman–Crippen MR) is 219 cm³/mol. The number of Topliss-reactive ketones (excluding diaryl/α,β-unsaturated/α-hetero) is 1. The number of thiocarbonyl (C=S) groups is 1. The van der Waals surface area contributed by atoms with Crippen LogP contribution in [0.3, 0.4) is 0 Å². The van der Waals surface area contributed by atoms with Crippen molar-refractivity contribution in [2.75, 3.05) is 25.0 Å². The minimum atomic E-state index is -0.286. The lowest BCUT2D eigenvalue weighted by Gasteiger charge is -2.35. The van der Waals surface area contributed by atoms with Crippen molar-refractivity contribution in [3.05, 3.63) is 97.0 Å². The highest BCUT2D eigenvalue weighted by Gasteiger charge is 2.42. The molecule has 4 aliphatic heterocycles. The van der Waals surface area contributed by atoms with Gasteiger partial charge < -0.3 is 4.90 Å².